The summed E-state index contributed by atoms with van der Waals surface area (Å²) < 4.78 is 27.3. The van der Waals surface area contributed by atoms with Crippen LogP contribution in [0.2, 0.25) is 0 Å². The highest BCUT2D eigenvalue weighted by atomic mass is 32.2. The molecule has 0 saturated heterocycles. The second-order valence-corrected chi connectivity index (χ2v) is 7.09. The van der Waals surface area contributed by atoms with Crippen molar-refractivity contribution in [2.24, 2.45) is 5.73 Å². The molecule has 2 atom stereocenters. The van der Waals surface area contributed by atoms with Crippen LogP contribution in [0.15, 0.2) is 23.1 Å². The lowest BCUT2D eigenvalue weighted by Crippen LogP contribution is -2.44. The number of rotatable bonds is 4. The Morgan fingerprint density at radius 3 is 2.65 bits per heavy atom. The number of aliphatic hydroxyl groups is 1. The number of aryl methyl sites for hydroxylation is 1. The van der Waals surface area contributed by atoms with Gasteiger partial charge in [-0.15, -0.1) is 0 Å². The van der Waals surface area contributed by atoms with Gasteiger partial charge in [0.25, 0.3) is 0 Å². The van der Waals surface area contributed by atoms with Crippen molar-refractivity contribution >= 4 is 10.0 Å². The minimum absolute atomic E-state index is 0.227. The van der Waals surface area contributed by atoms with E-state index in [0.717, 1.165) is 24.0 Å². The second-order valence-electron chi connectivity index (χ2n) is 5.37. The van der Waals surface area contributed by atoms with Gasteiger partial charge in [0.15, 0.2) is 0 Å². The highest BCUT2D eigenvalue weighted by Gasteiger charge is 2.28. The summed E-state index contributed by atoms with van der Waals surface area (Å²) in [7, 11) is -3.59. The molecule has 0 amide bonds. The number of hydrogen-bond donors (Lipinski definition) is 3. The van der Waals surface area contributed by atoms with Gasteiger partial charge in [0.1, 0.15) is 0 Å². The first-order valence-corrected chi connectivity index (χ1v) is 8.42. The molecule has 0 radical (unpaired) electrons. The Morgan fingerprint density at radius 2 is 2.05 bits per heavy atom. The fraction of sp³-hybridized carbons (Fsp3) is 0.571. The van der Waals surface area contributed by atoms with Crippen LogP contribution in [0.1, 0.15) is 36.8 Å². The molecule has 0 aromatic heterocycles. The predicted octanol–water partition coefficient (Wildman–Crippen LogP) is 1.04. The molecule has 1 aliphatic carbocycles. The van der Waals surface area contributed by atoms with Crippen molar-refractivity contribution in [2.75, 3.05) is 0 Å². The molecule has 5 nitrogen and oxygen atoms in total. The topological polar surface area (TPSA) is 92.4 Å². The van der Waals surface area contributed by atoms with Crippen LogP contribution in [-0.4, -0.2) is 25.7 Å². The van der Waals surface area contributed by atoms with Crippen molar-refractivity contribution in [3.63, 3.8) is 0 Å². The quantitative estimate of drug-likeness (QED) is 0.774. The number of sulfonamides is 1. The zero-order valence-electron chi connectivity index (χ0n) is 11.7. The van der Waals surface area contributed by atoms with Crippen molar-refractivity contribution in [1.29, 1.82) is 0 Å². The highest BCUT2D eigenvalue weighted by Crippen LogP contribution is 2.21. The molecule has 6 heteroatoms. The third kappa shape index (κ3) is 3.38. The maximum Gasteiger partial charge on any atom is 0.240 e. The maximum atomic E-state index is 12.3. The van der Waals surface area contributed by atoms with Crippen molar-refractivity contribution in [3.8, 4) is 0 Å². The van der Waals surface area contributed by atoms with Gasteiger partial charge in [-0.25, -0.2) is 13.1 Å². The lowest BCUT2D eigenvalue weighted by Gasteiger charge is -2.28. The third-order valence-corrected chi connectivity index (χ3v) is 5.37. The van der Waals surface area contributed by atoms with Crippen molar-refractivity contribution in [2.45, 2.75) is 56.2 Å². The van der Waals surface area contributed by atoms with E-state index >= 15 is 0 Å². The van der Waals surface area contributed by atoms with E-state index in [1.54, 1.807) is 18.2 Å². The average molecular weight is 298 g/mol. The van der Waals surface area contributed by atoms with E-state index in [4.69, 9.17) is 5.73 Å². The Hall–Kier alpha value is -0.950. The monoisotopic (exact) mass is 298 g/mol. The fourth-order valence-corrected chi connectivity index (χ4v) is 3.97. The van der Waals surface area contributed by atoms with Crippen molar-refractivity contribution in [1.82, 2.24) is 4.72 Å². The number of hydrogen-bond acceptors (Lipinski definition) is 4. The van der Waals surface area contributed by atoms with Crippen LogP contribution >= 0.6 is 0 Å². The molecule has 4 N–H and O–H groups in total. The summed E-state index contributed by atoms with van der Waals surface area (Å²) in [4.78, 5) is 0.227. The normalized spacial score (nSPS) is 23.8. The molecular formula is C14H22N2O3S. The van der Waals surface area contributed by atoms with E-state index in [1.807, 2.05) is 6.92 Å². The van der Waals surface area contributed by atoms with Crippen molar-refractivity contribution < 1.29 is 13.5 Å². The van der Waals surface area contributed by atoms with Crippen LogP contribution in [-0.2, 0) is 16.6 Å². The summed E-state index contributed by atoms with van der Waals surface area (Å²) in [6, 6.07) is 4.54. The first-order valence-electron chi connectivity index (χ1n) is 6.94. The largest absolute Gasteiger partial charge is 0.391 e. The molecule has 1 aromatic carbocycles. The van der Waals surface area contributed by atoms with Gasteiger partial charge in [-0.3, -0.25) is 0 Å². The molecule has 0 spiro atoms. The van der Waals surface area contributed by atoms with Gasteiger partial charge >= 0.3 is 0 Å². The van der Waals surface area contributed by atoms with E-state index in [1.165, 1.54) is 0 Å². The van der Waals surface area contributed by atoms with E-state index < -0.39 is 16.1 Å². The van der Waals surface area contributed by atoms with E-state index in [9.17, 15) is 13.5 Å². The van der Waals surface area contributed by atoms with Gasteiger partial charge in [-0.2, -0.15) is 0 Å². The summed E-state index contributed by atoms with van der Waals surface area (Å²) >= 11 is 0. The number of nitrogens with two attached hydrogens (primary N) is 1. The first kappa shape index (κ1) is 15.4. The van der Waals surface area contributed by atoms with E-state index in [-0.39, 0.29) is 10.9 Å². The number of nitrogens with one attached hydrogen (secondary N) is 1. The molecule has 0 bridgehead atoms. The van der Waals surface area contributed by atoms with Gasteiger partial charge in [0.05, 0.1) is 11.0 Å². The summed E-state index contributed by atoms with van der Waals surface area (Å²) in [5, 5.41) is 9.87. The smallest absolute Gasteiger partial charge is 0.240 e. The van der Waals surface area contributed by atoms with Crippen LogP contribution in [0.4, 0.5) is 0 Å². The Balaban J connectivity index is 2.19. The molecule has 20 heavy (non-hydrogen) atoms. The Labute approximate surface area is 120 Å². The molecule has 1 fully saturated rings. The molecule has 2 rings (SSSR count). The molecule has 2 unspecified atom stereocenters. The van der Waals surface area contributed by atoms with Crippen LogP contribution in [0, 0.1) is 6.92 Å². The number of aliphatic hydroxyl groups excluding tert-OH is 1. The van der Waals surface area contributed by atoms with E-state index in [2.05, 4.69) is 4.72 Å². The minimum Gasteiger partial charge on any atom is -0.391 e. The zero-order chi connectivity index (χ0) is 14.8. The Kier molecular flexibility index (Phi) is 4.80. The van der Waals surface area contributed by atoms with Gasteiger partial charge in [0.2, 0.25) is 10.0 Å². The summed E-state index contributed by atoms with van der Waals surface area (Å²) in [6.45, 7) is 2.23. The molecule has 1 saturated carbocycles. The maximum absolute atomic E-state index is 12.3. The molecule has 112 valence electrons. The second kappa shape index (κ2) is 6.22. The fourth-order valence-electron chi connectivity index (χ4n) is 2.58. The molecule has 0 aliphatic heterocycles. The average Bonchev–Trinajstić information content (AvgIpc) is 2.41. The molecule has 1 aliphatic rings. The summed E-state index contributed by atoms with van der Waals surface area (Å²) in [5.74, 6) is 0. The minimum atomic E-state index is -3.59. The Bertz CT molecular complexity index is 572. The Morgan fingerprint density at radius 1 is 1.35 bits per heavy atom. The lowest BCUT2D eigenvalue weighted by molar-refractivity contribution is 0.101. The van der Waals surface area contributed by atoms with E-state index in [0.29, 0.717) is 19.4 Å². The van der Waals surface area contributed by atoms with Gasteiger partial charge in [0, 0.05) is 12.6 Å². The van der Waals surface area contributed by atoms with Gasteiger partial charge in [-0.1, -0.05) is 18.9 Å². The van der Waals surface area contributed by atoms with Crippen LogP contribution in [0.25, 0.3) is 0 Å². The first-order chi connectivity index (χ1) is 9.44. The molecule has 0 heterocycles. The summed E-state index contributed by atoms with van der Waals surface area (Å²) in [6.07, 6.45) is 2.63. The lowest BCUT2D eigenvalue weighted by atomic mass is 9.93. The highest BCUT2D eigenvalue weighted by molar-refractivity contribution is 7.89. The standard InChI is InChI=1S/C14H22N2O3S/c1-10-8-12(7-6-11(10)9-15)20(18,19)16-13-4-2-3-5-14(13)17/h6-8,13-14,16-17H,2-5,9,15H2,1H3. The van der Waals surface area contributed by atoms with Crippen LogP contribution in [0.5, 0.6) is 0 Å². The summed E-state index contributed by atoms with van der Waals surface area (Å²) in [5.41, 5.74) is 7.37. The van der Waals surface area contributed by atoms with Gasteiger partial charge in [-0.05, 0) is 43.0 Å². The predicted molar refractivity (Wildman–Crippen MR) is 77.7 cm³/mol. The number of benzene rings is 1. The third-order valence-electron chi connectivity index (χ3n) is 3.88. The van der Waals surface area contributed by atoms with Gasteiger partial charge < -0.3 is 10.8 Å². The van der Waals surface area contributed by atoms with Crippen molar-refractivity contribution in [3.05, 3.63) is 29.3 Å². The van der Waals surface area contributed by atoms with Crippen LogP contribution in [0.3, 0.4) is 0 Å². The molecule has 1 aromatic rings. The molecular weight excluding hydrogens is 276 g/mol. The van der Waals surface area contributed by atoms with Crippen LogP contribution < -0.4 is 10.5 Å². The SMILES string of the molecule is Cc1cc(S(=O)(=O)NC2CCCCC2O)ccc1CN. The zero-order valence-corrected chi connectivity index (χ0v) is 12.5.